The summed E-state index contributed by atoms with van der Waals surface area (Å²) >= 11 is 12.0. The molecule has 0 saturated carbocycles. The minimum atomic E-state index is -0.202. The van der Waals surface area contributed by atoms with Crippen LogP contribution < -0.4 is 16.7 Å². The van der Waals surface area contributed by atoms with Crippen molar-refractivity contribution in [2.75, 3.05) is 24.1 Å². The number of nitrogens with one attached hydrogen (secondary N) is 2. The molecule has 3 aromatic carbocycles. The molecule has 7 nitrogen and oxygen atoms in total. The highest BCUT2D eigenvalue weighted by Crippen LogP contribution is 2.31. The Balaban J connectivity index is 1.34. The standard InChI is InChI=1S/C25H23Cl2N5O2/c26-20-8-7-17(14-21(20)27)29-24(33)31-11-9-18(10-12-31)32-22-6-2-5-19(23(22)30-25(32)34)15-3-1-4-16(28)13-15/h1-8,13-14,18H,9-12,28H2,(H,29,33)(H,30,34). The Kier molecular flexibility index (Phi) is 5.98. The molecule has 4 N–H and O–H groups in total. The molecule has 1 aliphatic heterocycles. The van der Waals surface area contributed by atoms with Gasteiger partial charge in [-0.15, -0.1) is 0 Å². The lowest BCUT2D eigenvalue weighted by molar-refractivity contribution is 0.184. The molecular formula is C25H23Cl2N5O2. The number of anilines is 2. The van der Waals surface area contributed by atoms with Crippen molar-refractivity contribution in [3.05, 3.63) is 81.2 Å². The molecule has 9 heteroatoms. The summed E-state index contributed by atoms with van der Waals surface area (Å²) in [6.45, 7) is 1.07. The van der Waals surface area contributed by atoms with E-state index in [1.807, 2.05) is 47.0 Å². The number of carbonyl (C=O) groups is 1. The molecule has 0 atom stereocenters. The molecule has 0 unspecified atom stereocenters. The fourth-order valence-electron chi connectivity index (χ4n) is 4.56. The number of H-pyrrole nitrogens is 1. The van der Waals surface area contributed by atoms with Crippen molar-refractivity contribution in [1.29, 1.82) is 0 Å². The Morgan fingerprint density at radius 2 is 1.76 bits per heavy atom. The maximum absolute atomic E-state index is 13.0. The molecule has 1 fully saturated rings. The number of likely N-dealkylation sites (tertiary alicyclic amines) is 1. The first kappa shape index (κ1) is 22.4. The van der Waals surface area contributed by atoms with Gasteiger partial charge in [0, 0.05) is 36.1 Å². The predicted molar refractivity (Wildman–Crippen MR) is 138 cm³/mol. The van der Waals surface area contributed by atoms with Gasteiger partial charge in [-0.3, -0.25) is 4.57 Å². The van der Waals surface area contributed by atoms with E-state index in [0.29, 0.717) is 47.4 Å². The smallest absolute Gasteiger partial charge is 0.326 e. The van der Waals surface area contributed by atoms with Crippen LogP contribution in [0.15, 0.2) is 65.5 Å². The van der Waals surface area contributed by atoms with Gasteiger partial charge in [0.1, 0.15) is 0 Å². The number of imidazole rings is 1. The lowest BCUT2D eigenvalue weighted by Gasteiger charge is -2.32. The van der Waals surface area contributed by atoms with Crippen molar-refractivity contribution in [3.8, 4) is 11.1 Å². The first-order valence-corrected chi connectivity index (χ1v) is 11.8. The van der Waals surface area contributed by atoms with E-state index in [1.165, 1.54) is 0 Å². The highest BCUT2D eigenvalue weighted by molar-refractivity contribution is 6.42. The van der Waals surface area contributed by atoms with Crippen LogP contribution in [0.3, 0.4) is 0 Å². The number of fused-ring (bicyclic) bond motifs is 1. The fourth-order valence-corrected chi connectivity index (χ4v) is 4.86. The van der Waals surface area contributed by atoms with Crippen LogP contribution in [0.5, 0.6) is 0 Å². The van der Waals surface area contributed by atoms with Crippen LogP contribution in [0.25, 0.3) is 22.2 Å². The number of piperidine rings is 1. The number of urea groups is 1. The van der Waals surface area contributed by atoms with Crippen LogP contribution in [0.1, 0.15) is 18.9 Å². The van der Waals surface area contributed by atoms with Gasteiger partial charge in [-0.05, 0) is 54.8 Å². The molecule has 5 rings (SSSR count). The summed E-state index contributed by atoms with van der Waals surface area (Å²) in [5.74, 6) is 0. The summed E-state index contributed by atoms with van der Waals surface area (Å²) in [5.41, 5.74) is 10.6. The second-order valence-electron chi connectivity index (χ2n) is 8.40. The summed E-state index contributed by atoms with van der Waals surface area (Å²) in [6.07, 6.45) is 1.34. The minimum absolute atomic E-state index is 0.00799. The number of nitrogen functional groups attached to an aromatic ring is 1. The first-order chi connectivity index (χ1) is 16.4. The van der Waals surface area contributed by atoms with Crippen LogP contribution in [-0.2, 0) is 0 Å². The number of rotatable bonds is 3. The van der Waals surface area contributed by atoms with Gasteiger partial charge in [0.05, 0.1) is 21.1 Å². The number of hydrogen-bond acceptors (Lipinski definition) is 3. The molecular weight excluding hydrogens is 473 g/mol. The average molecular weight is 496 g/mol. The largest absolute Gasteiger partial charge is 0.399 e. The SMILES string of the molecule is Nc1cccc(-c2cccc3c2[nH]c(=O)n3C2CCN(C(=O)Nc3ccc(Cl)c(Cl)c3)CC2)c1. The van der Waals surface area contributed by atoms with E-state index in [0.717, 1.165) is 22.2 Å². The molecule has 2 heterocycles. The highest BCUT2D eigenvalue weighted by Gasteiger charge is 2.26. The second-order valence-corrected chi connectivity index (χ2v) is 9.22. The van der Waals surface area contributed by atoms with Crippen LogP contribution in [-0.4, -0.2) is 33.6 Å². The van der Waals surface area contributed by atoms with E-state index in [1.54, 1.807) is 23.1 Å². The van der Waals surface area contributed by atoms with Crippen LogP contribution >= 0.6 is 23.2 Å². The van der Waals surface area contributed by atoms with Gasteiger partial charge in [-0.1, -0.05) is 47.5 Å². The van der Waals surface area contributed by atoms with Crippen molar-refractivity contribution in [1.82, 2.24) is 14.5 Å². The monoisotopic (exact) mass is 495 g/mol. The normalized spacial score (nSPS) is 14.5. The predicted octanol–water partition coefficient (Wildman–Crippen LogP) is 5.75. The maximum Gasteiger partial charge on any atom is 0.326 e. The summed E-state index contributed by atoms with van der Waals surface area (Å²) in [6, 6.07) is 18.3. The molecule has 4 aromatic rings. The number of benzene rings is 3. The van der Waals surface area contributed by atoms with Gasteiger partial charge in [-0.2, -0.15) is 0 Å². The third-order valence-corrected chi connectivity index (χ3v) is 6.98. The van der Waals surface area contributed by atoms with E-state index in [9.17, 15) is 9.59 Å². The van der Waals surface area contributed by atoms with Crippen molar-refractivity contribution in [3.63, 3.8) is 0 Å². The number of nitrogens with two attached hydrogens (primary N) is 1. The lowest BCUT2D eigenvalue weighted by atomic mass is 10.0. The summed E-state index contributed by atoms with van der Waals surface area (Å²) in [5, 5.41) is 3.68. The number of hydrogen-bond donors (Lipinski definition) is 3. The van der Waals surface area contributed by atoms with Crippen molar-refractivity contribution in [2.45, 2.75) is 18.9 Å². The molecule has 0 bridgehead atoms. The number of para-hydroxylation sites is 1. The molecule has 0 aliphatic carbocycles. The highest BCUT2D eigenvalue weighted by atomic mass is 35.5. The quantitative estimate of drug-likeness (QED) is 0.315. The van der Waals surface area contributed by atoms with Gasteiger partial charge in [-0.25, -0.2) is 9.59 Å². The minimum Gasteiger partial charge on any atom is -0.399 e. The third kappa shape index (κ3) is 4.24. The zero-order valence-corrected chi connectivity index (χ0v) is 19.7. The summed E-state index contributed by atoms with van der Waals surface area (Å²) < 4.78 is 1.82. The fraction of sp³-hybridized carbons (Fsp3) is 0.200. The number of carbonyl (C=O) groups excluding carboxylic acids is 1. The van der Waals surface area contributed by atoms with E-state index < -0.39 is 0 Å². The van der Waals surface area contributed by atoms with Crippen LogP contribution in [0.4, 0.5) is 16.2 Å². The molecule has 1 aliphatic rings. The summed E-state index contributed by atoms with van der Waals surface area (Å²) in [7, 11) is 0. The number of aromatic nitrogens is 2. The van der Waals surface area contributed by atoms with Gasteiger partial charge >= 0.3 is 11.7 Å². The zero-order chi connectivity index (χ0) is 23.8. The third-order valence-electron chi connectivity index (χ3n) is 6.24. The number of nitrogens with zero attached hydrogens (tertiary/aromatic N) is 2. The average Bonchev–Trinajstić information content (AvgIpc) is 3.17. The van der Waals surface area contributed by atoms with Crippen LogP contribution in [0.2, 0.25) is 10.0 Å². The van der Waals surface area contributed by atoms with E-state index in [4.69, 9.17) is 28.9 Å². The molecule has 1 saturated heterocycles. The molecule has 174 valence electrons. The number of halogens is 2. The Morgan fingerprint density at radius 1 is 1.00 bits per heavy atom. The molecule has 0 spiro atoms. The van der Waals surface area contributed by atoms with Gasteiger partial charge in [0.15, 0.2) is 0 Å². The van der Waals surface area contributed by atoms with Gasteiger partial charge in [0.2, 0.25) is 0 Å². The maximum atomic E-state index is 13.0. The van der Waals surface area contributed by atoms with Crippen molar-refractivity contribution >= 4 is 51.6 Å². The topological polar surface area (TPSA) is 96.2 Å². The lowest BCUT2D eigenvalue weighted by Crippen LogP contribution is -2.42. The van der Waals surface area contributed by atoms with Gasteiger partial charge in [0.25, 0.3) is 0 Å². The summed E-state index contributed by atoms with van der Waals surface area (Å²) in [4.78, 5) is 30.5. The number of aromatic amines is 1. The molecule has 1 aromatic heterocycles. The van der Waals surface area contributed by atoms with Gasteiger partial charge < -0.3 is 20.9 Å². The van der Waals surface area contributed by atoms with E-state index in [2.05, 4.69) is 10.3 Å². The molecule has 0 radical (unpaired) electrons. The second kappa shape index (κ2) is 9.08. The Hall–Kier alpha value is -3.42. The zero-order valence-electron chi connectivity index (χ0n) is 18.2. The van der Waals surface area contributed by atoms with E-state index in [-0.39, 0.29) is 17.8 Å². The Labute approximate surface area is 206 Å². The Morgan fingerprint density at radius 3 is 2.50 bits per heavy atom. The molecule has 2 amide bonds. The van der Waals surface area contributed by atoms with Crippen LogP contribution in [0, 0.1) is 0 Å². The number of amides is 2. The Bertz CT molecular complexity index is 1440. The van der Waals surface area contributed by atoms with E-state index >= 15 is 0 Å². The first-order valence-electron chi connectivity index (χ1n) is 11.0. The molecule has 34 heavy (non-hydrogen) atoms. The van der Waals surface area contributed by atoms with Crippen molar-refractivity contribution in [2.24, 2.45) is 0 Å². The van der Waals surface area contributed by atoms with Crippen molar-refractivity contribution < 1.29 is 4.79 Å².